The molecule has 1 aromatic heterocycles. The maximum absolute atomic E-state index is 9.62. The molecule has 12 rings (SSSR count). The van der Waals surface area contributed by atoms with Crippen molar-refractivity contribution in [1.82, 2.24) is 9.97 Å². The Morgan fingerprint density at radius 1 is 0.412 bits per heavy atom. The van der Waals surface area contributed by atoms with Crippen molar-refractivity contribution >= 4 is 16.6 Å². The van der Waals surface area contributed by atoms with Gasteiger partial charge >= 0.3 is 0 Å². The molecule has 10 aromatic rings. The minimum Gasteiger partial charge on any atom is -0.238 e. The lowest BCUT2D eigenvalue weighted by Gasteiger charge is -2.23. The van der Waals surface area contributed by atoms with E-state index in [2.05, 4.69) is 184 Å². The van der Waals surface area contributed by atoms with E-state index in [1.165, 1.54) is 44.5 Å². The first kappa shape index (κ1) is 40.8. The monoisotopic (exact) mass is 868 g/mol. The van der Waals surface area contributed by atoms with E-state index in [9.17, 15) is 5.26 Å². The van der Waals surface area contributed by atoms with E-state index >= 15 is 0 Å². The van der Waals surface area contributed by atoms with Crippen LogP contribution >= 0.6 is 0 Å². The molecule has 68 heavy (non-hydrogen) atoms. The van der Waals surface area contributed by atoms with Crippen LogP contribution in [0.5, 0.6) is 0 Å². The Kier molecular flexibility index (Phi) is 9.27. The van der Waals surface area contributed by atoms with E-state index in [1.807, 2.05) is 48.5 Å². The molecule has 0 saturated carbocycles. The summed E-state index contributed by atoms with van der Waals surface area (Å²) in [5.74, 6) is 0.624. The van der Waals surface area contributed by atoms with Gasteiger partial charge in [-0.2, -0.15) is 5.26 Å². The van der Waals surface area contributed by atoms with Gasteiger partial charge in [-0.3, -0.25) is 0 Å². The first-order chi connectivity index (χ1) is 33.1. The van der Waals surface area contributed by atoms with Crippen molar-refractivity contribution in [3.05, 3.63) is 233 Å². The molecule has 0 saturated heterocycles. The Hall–Kier alpha value is -8.70. The molecule has 0 atom stereocenters. The predicted octanol–water partition coefficient (Wildman–Crippen LogP) is 16.7. The minimum absolute atomic E-state index is 0.157. The summed E-state index contributed by atoms with van der Waals surface area (Å²) in [6.45, 7) is 17.0. The van der Waals surface area contributed by atoms with Crippen LogP contribution in [0.4, 0.5) is 5.69 Å². The van der Waals surface area contributed by atoms with Gasteiger partial charge in [0.2, 0.25) is 0 Å². The number of benzene rings is 9. The van der Waals surface area contributed by atoms with Crippen LogP contribution in [-0.4, -0.2) is 9.97 Å². The molecular formula is C64H44N4. The van der Waals surface area contributed by atoms with Crippen LogP contribution in [0, 0.1) is 17.9 Å². The fraction of sp³-hybridized carbons (Fsp3) is 0.0938. The van der Waals surface area contributed by atoms with E-state index in [1.54, 1.807) is 0 Å². The van der Waals surface area contributed by atoms with Crippen molar-refractivity contribution in [2.75, 3.05) is 0 Å². The van der Waals surface area contributed by atoms with Gasteiger partial charge in [0.25, 0.3) is 0 Å². The molecule has 4 heteroatoms. The summed E-state index contributed by atoms with van der Waals surface area (Å²) in [6.07, 6.45) is 0. The molecule has 4 nitrogen and oxygen atoms in total. The summed E-state index contributed by atoms with van der Waals surface area (Å²) in [5.41, 5.74) is 23.3. The number of aromatic nitrogens is 2. The average Bonchev–Trinajstić information content (AvgIpc) is 3.76. The quantitative estimate of drug-likeness (QED) is 0.156. The topological polar surface area (TPSA) is 53.9 Å². The van der Waals surface area contributed by atoms with Gasteiger partial charge in [0, 0.05) is 32.9 Å². The molecule has 0 unspecified atom stereocenters. The molecule has 0 aliphatic heterocycles. The minimum atomic E-state index is -0.189. The molecule has 0 amide bonds. The molecule has 1 heterocycles. The summed E-state index contributed by atoms with van der Waals surface area (Å²) in [4.78, 5) is 14.7. The van der Waals surface area contributed by atoms with Gasteiger partial charge in [0.1, 0.15) is 0 Å². The highest BCUT2D eigenvalue weighted by Crippen LogP contribution is 2.52. The molecule has 0 N–H and O–H groups in total. The molecule has 2 aliphatic carbocycles. The zero-order valence-electron chi connectivity index (χ0n) is 38.3. The third-order valence-electron chi connectivity index (χ3n) is 14.5. The van der Waals surface area contributed by atoms with Crippen molar-refractivity contribution in [3.8, 4) is 95.5 Å². The second-order valence-corrected chi connectivity index (χ2v) is 19.2. The Bertz CT molecular complexity index is 3800. The fourth-order valence-corrected chi connectivity index (χ4v) is 10.9. The smallest absolute Gasteiger partial charge is 0.187 e. The van der Waals surface area contributed by atoms with E-state index in [0.717, 1.165) is 72.2 Å². The van der Waals surface area contributed by atoms with E-state index < -0.39 is 0 Å². The maximum Gasteiger partial charge on any atom is 0.187 e. The van der Waals surface area contributed by atoms with Crippen molar-refractivity contribution < 1.29 is 0 Å². The van der Waals surface area contributed by atoms with E-state index in [4.69, 9.17) is 16.5 Å². The molecule has 2 aliphatic rings. The molecular weight excluding hydrogens is 825 g/mol. The van der Waals surface area contributed by atoms with Gasteiger partial charge in [0.15, 0.2) is 11.5 Å². The van der Waals surface area contributed by atoms with Crippen LogP contribution in [0.15, 0.2) is 194 Å². The third-order valence-corrected chi connectivity index (χ3v) is 14.5. The van der Waals surface area contributed by atoms with Crippen LogP contribution in [-0.2, 0) is 10.8 Å². The Morgan fingerprint density at radius 2 is 0.926 bits per heavy atom. The standard InChI is InChI=1S/C64H44N4/c1-63(2)56-18-8-6-16-50(56)52-30-28-46(36-58(52)63)48-34-54(47-29-31-53-51-17-7-9-19-57(51)64(3,4)59(53)37-47)61-55(35-48)60(42-24-20-41(21-25-42)45-14-11-15-49(33-45)66-5)67-62(68-61)43-26-22-40(23-27-43)44-13-10-12-39(32-44)38-65/h6-37H,1-4H3. The molecule has 0 fully saturated rings. The third kappa shape index (κ3) is 6.49. The molecule has 0 bridgehead atoms. The summed E-state index contributed by atoms with van der Waals surface area (Å²) < 4.78 is 0. The fourth-order valence-electron chi connectivity index (χ4n) is 10.9. The first-order valence-corrected chi connectivity index (χ1v) is 23.1. The number of hydrogen-bond donors (Lipinski definition) is 0. The van der Waals surface area contributed by atoms with Gasteiger partial charge in [-0.05, 0) is 126 Å². The zero-order chi connectivity index (χ0) is 46.3. The Morgan fingerprint density at radius 3 is 1.56 bits per heavy atom. The summed E-state index contributed by atoms with van der Waals surface area (Å²) in [6, 6.07) is 70.8. The second kappa shape index (κ2) is 15.5. The van der Waals surface area contributed by atoms with Crippen LogP contribution in [0.25, 0.3) is 105 Å². The van der Waals surface area contributed by atoms with Gasteiger partial charge < -0.3 is 0 Å². The highest BCUT2D eigenvalue weighted by atomic mass is 14.9. The van der Waals surface area contributed by atoms with Crippen molar-refractivity contribution in [1.29, 1.82) is 5.26 Å². The second-order valence-electron chi connectivity index (χ2n) is 19.2. The van der Waals surface area contributed by atoms with Crippen molar-refractivity contribution in [2.45, 2.75) is 38.5 Å². The van der Waals surface area contributed by atoms with Crippen LogP contribution in [0.2, 0.25) is 0 Å². The summed E-state index contributed by atoms with van der Waals surface area (Å²) in [7, 11) is 0. The van der Waals surface area contributed by atoms with Gasteiger partial charge in [-0.25, -0.2) is 14.8 Å². The Balaban J connectivity index is 1.10. The molecule has 320 valence electrons. The lowest BCUT2D eigenvalue weighted by Crippen LogP contribution is -2.15. The lowest BCUT2D eigenvalue weighted by molar-refractivity contribution is 0.660. The van der Waals surface area contributed by atoms with Crippen molar-refractivity contribution in [2.24, 2.45) is 0 Å². The van der Waals surface area contributed by atoms with E-state index in [0.29, 0.717) is 17.1 Å². The number of nitrogens with zero attached hydrogens (tertiary/aromatic N) is 4. The number of nitriles is 1. The SMILES string of the molecule is [C-]#[N+]c1cccc(-c2ccc(-c3nc(-c4ccc(-c5cccc(C#N)c5)cc4)nc4c(-c5ccc6c(c5)C(C)(C)c5ccccc5-6)cc(-c5ccc6c(c5)C(C)(C)c5ccccc5-6)cc34)cc2)c1. The number of hydrogen-bond acceptors (Lipinski definition) is 3. The van der Waals surface area contributed by atoms with E-state index in [-0.39, 0.29) is 10.8 Å². The van der Waals surface area contributed by atoms with Gasteiger partial charge in [-0.1, -0.05) is 179 Å². The molecule has 0 radical (unpaired) electrons. The average molecular weight is 869 g/mol. The predicted molar refractivity (Wildman–Crippen MR) is 278 cm³/mol. The highest BCUT2D eigenvalue weighted by Gasteiger charge is 2.37. The number of rotatable bonds is 6. The summed E-state index contributed by atoms with van der Waals surface area (Å²) >= 11 is 0. The Labute approximate surface area is 397 Å². The van der Waals surface area contributed by atoms with Crippen LogP contribution in [0.3, 0.4) is 0 Å². The zero-order valence-corrected chi connectivity index (χ0v) is 38.3. The van der Waals surface area contributed by atoms with Crippen LogP contribution < -0.4 is 0 Å². The van der Waals surface area contributed by atoms with Crippen LogP contribution in [0.1, 0.15) is 55.5 Å². The largest absolute Gasteiger partial charge is 0.238 e. The molecule has 9 aromatic carbocycles. The molecule has 0 spiro atoms. The van der Waals surface area contributed by atoms with Crippen molar-refractivity contribution in [3.63, 3.8) is 0 Å². The summed E-state index contributed by atoms with van der Waals surface area (Å²) in [5, 5.41) is 10.6. The van der Waals surface area contributed by atoms with Gasteiger partial charge in [0.05, 0.1) is 29.4 Å². The van der Waals surface area contributed by atoms with Gasteiger partial charge in [-0.15, -0.1) is 0 Å². The lowest BCUT2D eigenvalue weighted by atomic mass is 9.81. The normalized spacial score (nSPS) is 13.5. The number of fused-ring (bicyclic) bond motifs is 7. The first-order valence-electron chi connectivity index (χ1n) is 23.1. The maximum atomic E-state index is 9.62. The highest BCUT2D eigenvalue weighted by molar-refractivity contribution is 6.05.